The summed E-state index contributed by atoms with van der Waals surface area (Å²) in [5, 5.41) is 23.1. The fourth-order valence-corrected chi connectivity index (χ4v) is 4.13. The number of aliphatic carboxylic acids is 2. The van der Waals surface area contributed by atoms with Gasteiger partial charge in [0, 0.05) is 4.75 Å². The summed E-state index contributed by atoms with van der Waals surface area (Å²) in [5.74, 6) is -2.98. The van der Waals surface area contributed by atoms with E-state index in [0.717, 1.165) is 11.8 Å². The van der Waals surface area contributed by atoms with Crippen LogP contribution in [0.4, 0.5) is 0 Å². The minimum absolute atomic E-state index is 0.555. The first-order valence-electron chi connectivity index (χ1n) is 7.64. The van der Waals surface area contributed by atoms with Crippen LogP contribution in [0.1, 0.15) is 25.5 Å². The Morgan fingerprint density at radius 1 is 1.24 bits per heavy atom. The fourth-order valence-electron chi connectivity index (χ4n) is 2.65. The second-order valence-corrected chi connectivity index (χ2v) is 8.09. The van der Waals surface area contributed by atoms with Gasteiger partial charge in [0.05, 0.1) is 5.37 Å². The Morgan fingerprint density at radius 3 is 2.32 bits per heavy atom. The van der Waals surface area contributed by atoms with Gasteiger partial charge in [0.1, 0.15) is 12.1 Å². The third-order valence-electron chi connectivity index (χ3n) is 4.01. The van der Waals surface area contributed by atoms with E-state index in [-0.39, 0.29) is 0 Å². The highest BCUT2D eigenvalue weighted by atomic mass is 32.2. The highest BCUT2D eigenvalue weighted by Crippen LogP contribution is 2.39. The van der Waals surface area contributed by atoms with Crippen molar-refractivity contribution in [1.82, 2.24) is 10.6 Å². The smallest absolute Gasteiger partial charge is 0.328 e. The summed E-state index contributed by atoms with van der Waals surface area (Å²) in [4.78, 5) is 35.3. The number of carboxylic acids is 2. The maximum absolute atomic E-state index is 12.3. The van der Waals surface area contributed by atoms with Gasteiger partial charge in [-0.2, -0.15) is 0 Å². The van der Waals surface area contributed by atoms with Crippen molar-refractivity contribution in [1.29, 1.82) is 0 Å². The number of rotatable bonds is 6. The topological polar surface area (TPSA) is 142 Å². The number of hydrogen-bond acceptors (Lipinski definition) is 6. The van der Waals surface area contributed by atoms with Crippen LogP contribution in [0, 0.1) is 0 Å². The molecule has 1 fully saturated rings. The molecular formula is C16H21N3O5S. The van der Waals surface area contributed by atoms with Crippen LogP contribution >= 0.6 is 11.8 Å². The van der Waals surface area contributed by atoms with Gasteiger partial charge in [0.25, 0.3) is 0 Å². The van der Waals surface area contributed by atoms with E-state index in [1.165, 1.54) is 0 Å². The zero-order chi connectivity index (χ0) is 18.8. The lowest BCUT2D eigenvalue weighted by Gasteiger charge is -2.23. The average molecular weight is 367 g/mol. The molecule has 136 valence electrons. The van der Waals surface area contributed by atoms with E-state index in [4.69, 9.17) is 5.73 Å². The monoisotopic (exact) mass is 367 g/mol. The Kier molecular flexibility index (Phi) is 5.71. The molecule has 4 atom stereocenters. The summed E-state index contributed by atoms with van der Waals surface area (Å²) in [6, 6.07) is 5.33. The molecule has 2 rings (SSSR count). The maximum Gasteiger partial charge on any atom is 0.328 e. The summed E-state index contributed by atoms with van der Waals surface area (Å²) in [5.41, 5.74) is 6.44. The molecule has 0 spiro atoms. The van der Waals surface area contributed by atoms with E-state index in [0.29, 0.717) is 5.56 Å². The Bertz CT molecular complexity index is 667. The second kappa shape index (κ2) is 7.42. The molecule has 0 aromatic heterocycles. The van der Waals surface area contributed by atoms with Crippen molar-refractivity contribution in [3.05, 3.63) is 35.9 Å². The molecule has 6 N–H and O–H groups in total. The van der Waals surface area contributed by atoms with E-state index in [2.05, 4.69) is 10.6 Å². The van der Waals surface area contributed by atoms with Gasteiger partial charge in [-0.25, -0.2) is 4.79 Å². The van der Waals surface area contributed by atoms with Crippen molar-refractivity contribution >= 4 is 29.6 Å². The summed E-state index contributed by atoms with van der Waals surface area (Å²) < 4.78 is -0.726. The van der Waals surface area contributed by atoms with E-state index >= 15 is 0 Å². The Labute approximate surface area is 149 Å². The van der Waals surface area contributed by atoms with Gasteiger partial charge in [-0.1, -0.05) is 30.3 Å². The first kappa shape index (κ1) is 19.2. The molecule has 1 aliphatic rings. The summed E-state index contributed by atoms with van der Waals surface area (Å²) in [7, 11) is 0. The molecule has 1 aromatic carbocycles. The van der Waals surface area contributed by atoms with Gasteiger partial charge in [-0.05, 0) is 19.4 Å². The lowest BCUT2D eigenvalue weighted by atomic mass is 10.0. The highest BCUT2D eigenvalue weighted by Gasteiger charge is 2.49. The first-order chi connectivity index (χ1) is 11.6. The largest absolute Gasteiger partial charge is 0.480 e. The number of nitrogens with two attached hydrogens (primary N) is 1. The Hall–Kier alpha value is -2.10. The van der Waals surface area contributed by atoms with Crippen LogP contribution in [-0.4, -0.2) is 50.3 Å². The molecule has 25 heavy (non-hydrogen) atoms. The second-order valence-electron chi connectivity index (χ2n) is 6.29. The zero-order valence-corrected chi connectivity index (χ0v) is 14.6. The van der Waals surface area contributed by atoms with Crippen molar-refractivity contribution in [2.45, 2.75) is 42.1 Å². The van der Waals surface area contributed by atoms with Gasteiger partial charge in [-0.3, -0.25) is 14.9 Å². The number of amides is 1. The number of carbonyl (C=O) groups excluding carboxylic acids is 1. The quantitative estimate of drug-likeness (QED) is 0.478. The van der Waals surface area contributed by atoms with Crippen LogP contribution < -0.4 is 16.4 Å². The van der Waals surface area contributed by atoms with Gasteiger partial charge in [0.15, 0.2) is 6.04 Å². The molecule has 1 heterocycles. The number of nitrogens with one attached hydrogen (secondary N) is 2. The normalized spacial score (nSPS) is 24.3. The van der Waals surface area contributed by atoms with E-state index in [1.54, 1.807) is 44.2 Å². The highest BCUT2D eigenvalue weighted by molar-refractivity contribution is 8.01. The van der Waals surface area contributed by atoms with E-state index < -0.39 is 46.1 Å². The van der Waals surface area contributed by atoms with Crippen molar-refractivity contribution in [3.63, 3.8) is 0 Å². The third kappa shape index (κ3) is 4.30. The standard InChI is InChI=1S/C16H21N3O5S/c1-16(2)11(15(23)24)19-13(25-16)10(14(21)22)18-12(20)9(17)8-6-4-3-5-7-8/h3-7,9-11,13,19H,17H2,1-2H3,(H,18,20)(H,21,22)(H,23,24)/t9-,10-,11+,13-/m0/s1. The number of carbonyl (C=O) groups is 3. The van der Waals surface area contributed by atoms with Crippen LogP contribution in [0.3, 0.4) is 0 Å². The van der Waals surface area contributed by atoms with Crippen LogP contribution in [0.2, 0.25) is 0 Å². The molecule has 1 aromatic rings. The third-order valence-corrected chi connectivity index (χ3v) is 5.52. The minimum Gasteiger partial charge on any atom is -0.480 e. The van der Waals surface area contributed by atoms with Crippen molar-refractivity contribution in [2.24, 2.45) is 5.73 Å². The van der Waals surface area contributed by atoms with Crippen LogP contribution in [-0.2, 0) is 14.4 Å². The van der Waals surface area contributed by atoms with Gasteiger partial charge in [-0.15, -0.1) is 11.8 Å². The fraction of sp³-hybridized carbons (Fsp3) is 0.438. The lowest BCUT2D eigenvalue weighted by Crippen LogP contribution is -2.55. The van der Waals surface area contributed by atoms with E-state index in [1.807, 2.05) is 0 Å². The van der Waals surface area contributed by atoms with Crippen LogP contribution in [0.5, 0.6) is 0 Å². The van der Waals surface area contributed by atoms with Gasteiger partial charge >= 0.3 is 11.9 Å². The first-order valence-corrected chi connectivity index (χ1v) is 8.52. The molecule has 0 bridgehead atoms. The van der Waals surface area contributed by atoms with Crippen LogP contribution in [0.15, 0.2) is 30.3 Å². The zero-order valence-electron chi connectivity index (χ0n) is 13.8. The molecule has 9 heteroatoms. The van der Waals surface area contributed by atoms with Crippen molar-refractivity contribution in [3.8, 4) is 0 Å². The average Bonchev–Trinajstić information content (AvgIpc) is 2.87. The molecule has 8 nitrogen and oxygen atoms in total. The van der Waals surface area contributed by atoms with Crippen molar-refractivity contribution in [2.75, 3.05) is 0 Å². The lowest BCUT2D eigenvalue weighted by molar-refractivity contribution is -0.143. The number of thioether (sulfide) groups is 1. The molecule has 0 aliphatic carbocycles. The van der Waals surface area contributed by atoms with Gasteiger partial charge < -0.3 is 21.3 Å². The molecule has 1 saturated heterocycles. The Balaban J connectivity index is 2.13. The predicted molar refractivity (Wildman–Crippen MR) is 93.0 cm³/mol. The number of carboxylic acid groups (broad SMARTS) is 2. The Morgan fingerprint density at radius 2 is 1.84 bits per heavy atom. The van der Waals surface area contributed by atoms with E-state index in [9.17, 15) is 24.6 Å². The molecule has 0 saturated carbocycles. The minimum atomic E-state index is -1.31. The molecule has 0 radical (unpaired) electrons. The number of hydrogen-bond donors (Lipinski definition) is 5. The predicted octanol–water partition coefficient (Wildman–Crippen LogP) is 0.150. The number of benzene rings is 1. The maximum atomic E-state index is 12.3. The molecule has 0 unspecified atom stereocenters. The SMILES string of the molecule is CC1(C)S[C@@H]([C@H](NC(=O)[C@@H](N)c2ccccc2)C(=O)O)N[C@@H]1C(=O)O. The summed E-state index contributed by atoms with van der Waals surface area (Å²) in [6.07, 6.45) is 0. The van der Waals surface area contributed by atoms with Gasteiger partial charge in [0.2, 0.25) is 5.91 Å². The van der Waals surface area contributed by atoms with Crippen LogP contribution in [0.25, 0.3) is 0 Å². The molecular weight excluding hydrogens is 346 g/mol. The summed E-state index contributed by atoms with van der Waals surface area (Å²) in [6.45, 7) is 3.42. The molecule has 1 aliphatic heterocycles. The summed E-state index contributed by atoms with van der Waals surface area (Å²) >= 11 is 1.16. The van der Waals surface area contributed by atoms with Crippen molar-refractivity contribution < 1.29 is 24.6 Å². The molecule has 1 amide bonds.